The topological polar surface area (TPSA) is 63.1 Å². The molecule has 3 rings (SSSR count). The summed E-state index contributed by atoms with van der Waals surface area (Å²) < 4.78 is 22.6. The molecule has 2 aliphatic rings. The van der Waals surface area contributed by atoms with Gasteiger partial charge in [0.05, 0.1) is 5.75 Å². The Balaban J connectivity index is 1.73. The van der Waals surface area contributed by atoms with Crippen molar-refractivity contribution in [3.8, 4) is 0 Å². The number of hydrogen-bond donors (Lipinski definition) is 1. The van der Waals surface area contributed by atoms with Crippen LogP contribution in [0.2, 0.25) is 0 Å². The van der Waals surface area contributed by atoms with E-state index in [1.165, 1.54) is 17.2 Å². The van der Waals surface area contributed by atoms with Crippen molar-refractivity contribution in [3.05, 3.63) is 35.7 Å². The molecule has 0 fully saturated rings. The number of fused-ring (bicyclic) bond motifs is 1. The molecule has 0 saturated carbocycles. The lowest BCUT2D eigenvalue weighted by Gasteiger charge is -2.02. The molecule has 2 aliphatic heterocycles. The number of aliphatic imine (C=N–C) groups is 1. The smallest absolute Gasteiger partial charge is 0.257 e. The van der Waals surface area contributed by atoms with E-state index in [2.05, 4.69) is 4.99 Å². The van der Waals surface area contributed by atoms with Gasteiger partial charge in [0.1, 0.15) is 5.69 Å². The first-order valence-corrected chi connectivity index (χ1v) is 7.82. The second-order valence-corrected chi connectivity index (χ2v) is 7.16. The fraction of sp³-hybridized carbons (Fsp3) is 0.182. The molecule has 0 bridgehead atoms. The van der Waals surface area contributed by atoms with Gasteiger partial charge in [0.15, 0.2) is 15.5 Å². The largest absolute Gasteiger partial charge is 0.266 e. The van der Waals surface area contributed by atoms with Crippen LogP contribution in [0.4, 0.5) is 11.4 Å². The Labute approximate surface area is 104 Å². The van der Waals surface area contributed by atoms with Gasteiger partial charge in [-0.1, -0.05) is 18.2 Å². The van der Waals surface area contributed by atoms with Gasteiger partial charge >= 0.3 is 0 Å². The Hall–Kier alpha value is -1.11. The van der Waals surface area contributed by atoms with E-state index < -0.39 is 9.84 Å². The summed E-state index contributed by atoms with van der Waals surface area (Å²) in [4.78, 5) is 4.46. The number of thioether (sulfide) groups is 1. The van der Waals surface area contributed by atoms with Gasteiger partial charge in [-0.2, -0.15) is 4.99 Å². The summed E-state index contributed by atoms with van der Waals surface area (Å²) in [5, 5.41) is 4.17. The van der Waals surface area contributed by atoms with Crippen molar-refractivity contribution in [2.45, 2.75) is 5.25 Å². The van der Waals surface area contributed by atoms with Crippen LogP contribution in [0.15, 0.2) is 40.7 Å². The van der Waals surface area contributed by atoms with E-state index in [1.807, 2.05) is 29.6 Å². The molecule has 1 aromatic carbocycles. The first-order chi connectivity index (χ1) is 8.12. The van der Waals surface area contributed by atoms with Crippen LogP contribution in [0.1, 0.15) is 0 Å². The lowest BCUT2D eigenvalue weighted by Crippen LogP contribution is -2.79. The molecule has 0 saturated heterocycles. The molecule has 0 radical (unpaired) electrons. The van der Waals surface area contributed by atoms with Crippen LogP contribution in [0, 0.1) is 0 Å². The number of benzene rings is 1. The molecule has 2 N–H and O–H groups in total. The maximum Gasteiger partial charge on any atom is 0.266 e. The van der Waals surface area contributed by atoms with Gasteiger partial charge in [-0.3, -0.25) is 5.32 Å². The van der Waals surface area contributed by atoms with E-state index in [4.69, 9.17) is 0 Å². The van der Waals surface area contributed by atoms with Gasteiger partial charge in [-0.15, -0.1) is 0 Å². The number of rotatable bonds is 1. The summed E-state index contributed by atoms with van der Waals surface area (Å²) in [5.41, 5.74) is 2.06. The van der Waals surface area contributed by atoms with Crippen molar-refractivity contribution < 1.29 is 13.7 Å². The quantitative estimate of drug-likeness (QED) is 0.770. The third kappa shape index (κ3) is 2.29. The fourth-order valence-corrected chi connectivity index (χ4v) is 4.69. The lowest BCUT2D eigenvalue weighted by molar-refractivity contribution is -0.432. The van der Waals surface area contributed by atoms with Crippen LogP contribution < -0.4 is 5.32 Å². The minimum atomic E-state index is -2.97. The van der Waals surface area contributed by atoms with Crippen LogP contribution in [-0.2, 0) is 9.84 Å². The maximum atomic E-state index is 11.3. The van der Waals surface area contributed by atoms with Crippen LogP contribution in [0.25, 0.3) is 0 Å². The lowest BCUT2D eigenvalue weighted by atomic mass is 10.3. The van der Waals surface area contributed by atoms with Crippen LogP contribution in [-0.4, -0.2) is 24.6 Å². The van der Waals surface area contributed by atoms with Crippen LogP contribution >= 0.6 is 11.8 Å². The third-order valence-corrected chi connectivity index (χ3v) is 5.30. The van der Waals surface area contributed by atoms with Gasteiger partial charge in [0, 0.05) is 16.7 Å². The van der Waals surface area contributed by atoms with Crippen molar-refractivity contribution in [1.82, 2.24) is 0 Å². The maximum absolute atomic E-state index is 11.3. The number of nitrogens with zero attached hydrogens (tertiary/aromatic N) is 1. The molecule has 0 aromatic heterocycles. The normalized spacial score (nSPS) is 24.7. The predicted octanol–water partition coefficient (Wildman–Crippen LogP) is 0.926. The Morgan fingerprint density at radius 1 is 1.35 bits per heavy atom. The Bertz CT molecular complexity index is 620. The molecule has 88 valence electrons. The highest BCUT2D eigenvalue weighted by molar-refractivity contribution is 8.14. The van der Waals surface area contributed by atoms with Crippen molar-refractivity contribution in [3.63, 3.8) is 0 Å². The number of quaternary nitrogens is 1. The van der Waals surface area contributed by atoms with Gasteiger partial charge in [0.25, 0.3) is 5.17 Å². The molecule has 6 heteroatoms. The number of amidine groups is 1. The Kier molecular flexibility index (Phi) is 2.57. The summed E-state index contributed by atoms with van der Waals surface area (Å²) in [6.45, 7) is 0. The molecule has 1 aromatic rings. The van der Waals surface area contributed by atoms with Crippen molar-refractivity contribution in [2.75, 3.05) is 5.75 Å². The number of sulfone groups is 1. The molecule has 1 unspecified atom stereocenters. The fourth-order valence-electron chi connectivity index (χ4n) is 1.83. The van der Waals surface area contributed by atoms with E-state index in [1.54, 1.807) is 6.08 Å². The van der Waals surface area contributed by atoms with Crippen LogP contribution in [0.3, 0.4) is 0 Å². The zero-order valence-corrected chi connectivity index (χ0v) is 10.5. The summed E-state index contributed by atoms with van der Waals surface area (Å²) >= 11 is 1.50. The number of hydrogen-bond acceptors (Lipinski definition) is 4. The molecular formula is C11H11N2O2S2+. The highest BCUT2D eigenvalue weighted by Gasteiger charge is 2.28. The predicted molar refractivity (Wildman–Crippen MR) is 69.4 cm³/mol. The van der Waals surface area contributed by atoms with Gasteiger partial charge in [-0.25, -0.2) is 8.42 Å². The molecular weight excluding hydrogens is 256 g/mol. The van der Waals surface area contributed by atoms with E-state index >= 15 is 0 Å². The van der Waals surface area contributed by atoms with E-state index in [-0.39, 0.29) is 11.0 Å². The molecule has 2 heterocycles. The zero-order chi connectivity index (χ0) is 11.9. The first kappa shape index (κ1) is 11.0. The molecule has 1 atom stereocenters. The van der Waals surface area contributed by atoms with Gasteiger partial charge < -0.3 is 0 Å². The van der Waals surface area contributed by atoms with Crippen molar-refractivity contribution in [1.29, 1.82) is 0 Å². The van der Waals surface area contributed by atoms with Crippen molar-refractivity contribution in [2.24, 2.45) is 4.99 Å². The summed E-state index contributed by atoms with van der Waals surface area (Å²) in [6, 6.07) is 7.89. The SMILES string of the molecule is O=S1(=O)C=CC(SC2=Nc3ccccc3[NH2+]2)C1. The first-order valence-electron chi connectivity index (χ1n) is 5.22. The highest BCUT2D eigenvalue weighted by atomic mass is 32.2. The molecule has 0 spiro atoms. The standard InChI is InChI=1S/C11H10N2O2S2/c14-17(15)6-5-8(7-17)16-11-12-9-3-1-2-4-10(9)13-11/h1-6,8H,7H2,(H,12,13)/p+1. The molecule has 0 aliphatic carbocycles. The Morgan fingerprint density at radius 2 is 2.18 bits per heavy atom. The van der Waals surface area contributed by atoms with E-state index in [0.717, 1.165) is 16.5 Å². The third-order valence-electron chi connectivity index (χ3n) is 2.62. The minimum Gasteiger partial charge on any atom is -0.257 e. The van der Waals surface area contributed by atoms with Gasteiger partial charge in [-0.05, 0) is 17.8 Å². The van der Waals surface area contributed by atoms with Gasteiger partial charge in [0.2, 0.25) is 0 Å². The average molecular weight is 267 g/mol. The minimum absolute atomic E-state index is 0.00990. The molecule has 0 amide bonds. The number of para-hydroxylation sites is 2. The van der Waals surface area contributed by atoms with E-state index in [9.17, 15) is 8.42 Å². The average Bonchev–Trinajstić information content (AvgIpc) is 2.81. The second-order valence-electron chi connectivity index (χ2n) is 3.97. The second kappa shape index (κ2) is 3.97. The Morgan fingerprint density at radius 3 is 2.88 bits per heavy atom. The summed E-state index contributed by atoms with van der Waals surface area (Å²) in [5.74, 6) is 0.181. The van der Waals surface area contributed by atoms with E-state index in [0.29, 0.717) is 0 Å². The summed E-state index contributed by atoms with van der Waals surface area (Å²) in [6.07, 6.45) is 1.74. The molecule has 17 heavy (non-hydrogen) atoms. The summed E-state index contributed by atoms with van der Waals surface area (Å²) in [7, 11) is -2.97. The molecule has 4 nitrogen and oxygen atoms in total. The monoisotopic (exact) mass is 267 g/mol. The van der Waals surface area contributed by atoms with Crippen molar-refractivity contribution >= 4 is 38.1 Å². The zero-order valence-electron chi connectivity index (χ0n) is 8.91. The highest BCUT2D eigenvalue weighted by Crippen LogP contribution is 2.28. The van der Waals surface area contributed by atoms with Crippen LogP contribution in [0.5, 0.6) is 0 Å². The number of nitrogens with two attached hydrogens (primary N) is 1.